The average molecular weight is 277 g/mol. The summed E-state index contributed by atoms with van der Waals surface area (Å²) in [5.41, 5.74) is 0.420. The lowest BCUT2D eigenvalue weighted by Crippen LogP contribution is -1.96. The lowest BCUT2D eigenvalue weighted by Gasteiger charge is -2.05. The van der Waals surface area contributed by atoms with Crippen molar-refractivity contribution in [2.75, 3.05) is 0 Å². The van der Waals surface area contributed by atoms with Crippen molar-refractivity contribution in [3.63, 3.8) is 0 Å². The smallest absolute Gasteiger partial charge is 0.303 e. The first kappa shape index (κ1) is 12.0. The molecule has 0 radical (unpaired) electrons. The van der Waals surface area contributed by atoms with Crippen LogP contribution in [-0.2, 0) is 11.2 Å². The number of aryl methyl sites for hydroxylation is 1. The Morgan fingerprint density at radius 2 is 2.13 bits per heavy atom. The van der Waals surface area contributed by atoms with E-state index in [1.807, 2.05) is 0 Å². The van der Waals surface area contributed by atoms with E-state index in [2.05, 4.69) is 15.9 Å². The normalized spacial score (nSPS) is 10.3. The maximum Gasteiger partial charge on any atom is 0.303 e. The van der Waals surface area contributed by atoms with E-state index in [-0.39, 0.29) is 16.6 Å². The predicted octanol–water partition coefficient (Wildman–Crippen LogP) is 2.70. The Bertz CT molecular complexity index is 379. The average Bonchev–Trinajstić information content (AvgIpc) is 2.12. The second-order valence-corrected chi connectivity index (χ2v) is 4.00. The number of carboxylic acids is 1. The van der Waals surface area contributed by atoms with E-state index in [0.29, 0.717) is 18.4 Å². The number of phenols is 1. The van der Waals surface area contributed by atoms with E-state index in [1.54, 1.807) is 0 Å². The largest absolute Gasteiger partial charge is 0.506 e. The van der Waals surface area contributed by atoms with Gasteiger partial charge in [-0.25, -0.2) is 4.39 Å². The van der Waals surface area contributed by atoms with Gasteiger partial charge in [0.1, 0.15) is 11.6 Å². The van der Waals surface area contributed by atoms with E-state index in [9.17, 15) is 14.3 Å². The maximum absolute atomic E-state index is 12.9. The molecular weight excluding hydrogens is 267 g/mol. The molecule has 1 aromatic rings. The van der Waals surface area contributed by atoms with Crippen LogP contribution in [0.4, 0.5) is 4.39 Å². The molecule has 0 heterocycles. The molecule has 0 aromatic heterocycles. The van der Waals surface area contributed by atoms with Crippen molar-refractivity contribution in [2.45, 2.75) is 19.3 Å². The minimum Gasteiger partial charge on any atom is -0.506 e. The van der Waals surface area contributed by atoms with Gasteiger partial charge in [-0.15, -0.1) is 0 Å². The Labute approximate surface area is 94.7 Å². The SMILES string of the molecule is O=C(O)CCCc1cc(F)cc(Br)c1O. The molecule has 0 spiro atoms. The van der Waals surface area contributed by atoms with Crippen LogP contribution in [0.15, 0.2) is 16.6 Å². The van der Waals surface area contributed by atoms with Gasteiger partial charge in [-0.3, -0.25) is 4.79 Å². The van der Waals surface area contributed by atoms with E-state index in [0.717, 1.165) is 6.07 Å². The Hall–Kier alpha value is -1.10. The zero-order valence-electron chi connectivity index (χ0n) is 7.83. The molecule has 0 bridgehead atoms. The molecule has 0 saturated heterocycles. The van der Waals surface area contributed by atoms with Gasteiger partial charge in [-0.05, 0) is 46.5 Å². The number of carbonyl (C=O) groups is 1. The van der Waals surface area contributed by atoms with Crippen LogP contribution in [0.5, 0.6) is 5.75 Å². The summed E-state index contributed by atoms with van der Waals surface area (Å²) >= 11 is 3.01. The molecule has 2 N–H and O–H groups in total. The minimum atomic E-state index is -0.898. The van der Waals surface area contributed by atoms with Gasteiger partial charge in [0, 0.05) is 6.42 Å². The number of phenolic OH excluding ortho intramolecular Hbond substituents is 1. The van der Waals surface area contributed by atoms with Crippen LogP contribution in [0.3, 0.4) is 0 Å². The molecule has 15 heavy (non-hydrogen) atoms. The van der Waals surface area contributed by atoms with Crippen LogP contribution in [0, 0.1) is 5.82 Å². The molecule has 0 fully saturated rings. The van der Waals surface area contributed by atoms with Crippen LogP contribution in [0.25, 0.3) is 0 Å². The third kappa shape index (κ3) is 3.51. The predicted molar refractivity (Wildman–Crippen MR) is 56.3 cm³/mol. The molecule has 0 unspecified atom stereocenters. The summed E-state index contributed by atoms with van der Waals surface area (Å²) in [6, 6.07) is 2.37. The fourth-order valence-corrected chi connectivity index (χ4v) is 1.71. The Balaban J connectivity index is 2.72. The Morgan fingerprint density at radius 1 is 1.47 bits per heavy atom. The second kappa shape index (κ2) is 5.11. The first-order valence-electron chi connectivity index (χ1n) is 4.39. The molecule has 0 aliphatic heterocycles. The van der Waals surface area contributed by atoms with Crippen molar-refractivity contribution < 1.29 is 19.4 Å². The topological polar surface area (TPSA) is 57.5 Å². The van der Waals surface area contributed by atoms with Crippen LogP contribution in [0.1, 0.15) is 18.4 Å². The monoisotopic (exact) mass is 276 g/mol. The molecule has 1 aromatic carbocycles. The highest BCUT2D eigenvalue weighted by molar-refractivity contribution is 9.10. The van der Waals surface area contributed by atoms with Crippen molar-refractivity contribution in [3.05, 3.63) is 28.0 Å². The third-order valence-electron chi connectivity index (χ3n) is 1.94. The molecule has 0 atom stereocenters. The molecule has 82 valence electrons. The van der Waals surface area contributed by atoms with Gasteiger partial charge >= 0.3 is 5.97 Å². The van der Waals surface area contributed by atoms with Crippen LogP contribution >= 0.6 is 15.9 Å². The van der Waals surface area contributed by atoms with Gasteiger partial charge in [0.15, 0.2) is 0 Å². The van der Waals surface area contributed by atoms with Gasteiger partial charge in [-0.2, -0.15) is 0 Å². The highest BCUT2D eigenvalue weighted by atomic mass is 79.9. The van der Waals surface area contributed by atoms with Gasteiger partial charge in [0.05, 0.1) is 4.47 Å². The van der Waals surface area contributed by atoms with Crippen molar-refractivity contribution in [1.29, 1.82) is 0 Å². The summed E-state index contributed by atoms with van der Waals surface area (Å²) in [5, 5.41) is 18.0. The van der Waals surface area contributed by atoms with Crippen molar-refractivity contribution in [1.82, 2.24) is 0 Å². The first-order valence-corrected chi connectivity index (χ1v) is 5.18. The lowest BCUT2D eigenvalue weighted by molar-refractivity contribution is -0.137. The summed E-state index contributed by atoms with van der Waals surface area (Å²) < 4.78 is 13.2. The van der Waals surface area contributed by atoms with Crippen molar-refractivity contribution >= 4 is 21.9 Å². The fourth-order valence-electron chi connectivity index (χ4n) is 1.24. The molecule has 0 amide bonds. The first-order chi connectivity index (χ1) is 7.00. The van der Waals surface area contributed by atoms with E-state index < -0.39 is 11.8 Å². The molecule has 5 heteroatoms. The number of halogens is 2. The zero-order valence-corrected chi connectivity index (χ0v) is 9.42. The maximum atomic E-state index is 12.9. The fraction of sp³-hybridized carbons (Fsp3) is 0.300. The molecule has 0 aliphatic rings. The standard InChI is InChI=1S/C10H10BrFO3/c11-8-5-7(12)4-6(10(8)15)2-1-3-9(13)14/h4-5,15H,1-3H2,(H,13,14). The molecular formula is C10H10BrFO3. The highest BCUT2D eigenvalue weighted by Gasteiger charge is 2.08. The number of aromatic hydroxyl groups is 1. The number of benzene rings is 1. The summed E-state index contributed by atoms with van der Waals surface area (Å²) in [7, 11) is 0. The summed E-state index contributed by atoms with van der Waals surface area (Å²) in [4.78, 5) is 10.3. The highest BCUT2D eigenvalue weighted by Crippen LogP contribution is 2.29. The minimum absolute atomic E-state index is 0.00751. The molecule has 0 saturated carbocycles. The van der Waals surface area contributed by atoms with Crippen LogP contribution < -0.4 is 0 Å². The van der Waals surface area contributed by atoms with E-state index in [4.69, 9.17) is 5.11 Å². The van der Waals surface area contributed by atoms with Crippen molar-refractivity contribution in [2.24, 2.45) is 0 Å². The number of hydrogen-bond acceptors (Lipinski definition) is 2. The number of hydrogen-bond donors (Lipinski definition) is 2. The zero-order chi connectivity index (χ0) is 11.4. The Kier molecular flexibility index (Phi) is 4.08. The van der Waals surface area contributed by atoms with Gasteiger partial charge < -0.3 is 10.2 Å². The summed E-state index contributed by atoms with van der Waals surface area (Å²) in [6.45, 7) is 0. The number of aliphatic carboxylic acids is 1. The van der Waals surface area contributed by atoms with E-state index in [1.165, 1.54) is 6.07 Å². The molecule has 1 rings (SSSR count). The van der Waals surface area contributed by atoms with Gasteiger partial charge in [0.25, 0.3) is 0 Å². The van der Waals surface area contributed by atoms with Crippen LogP contribution in [0.2, 0.25) is 0 Å². The molecule has 0 aliphatic carbocycles. The van der Waals surface area contributed by atoms with E-state index >= 15 is 0 Å². The summed E-state index contributed by atoms with van der Waals surface area (Å²) in [5.74, 6) is -1.38. The number of carboxylic acid groups (broad SMARTS) is 1. The van der Waals surface area contributed by atoms with Gasteiger partial charge in [0.2, 0.25) is 0 Å². The quantitative estimate of drug-likeness (QED) is 0.889. The molecule has 3 nitrogen and oxygen atoms in total. The van der Waals surface area contributed by atoms with Crippen molar-refractivity contribution in [3.8, 4) is 5.75 Å². The second-order valence-electron chi connectivity index (χ2n) is 3.14. The van der Waals surface area contributed by atoms with Gasteiger partial charge in [-0.1, -0.05) is 0 Å². The Morgan fingerprint density at radius 3 is 2.73 bits per heavy atom. The lowest BCUT2D eigenvalue weighted by atomic mass is 10.1. The third-order valence-corrected chi connectivity index (χ3v) is 2.55. The summed E-state index contributed by atoms with van der Waals surface area (Å²) in [6.07, 6.45) is 0.723. The number of rotatable bonds is 4. The van der Waals surface area contributed by atoms with Crippen LogP contribution in [-0.4, -0.2) is 16.2 Å².